The van der Waals surface area contributed by atoms with Crippen molar-refractivity contribution in [1.82, 2.24) is 24.8 Å². The Labute approximate surface area is 117 Å². The van der Waals surface area contributed by atoms with Crippen LogP contribution in [-0.4, -0.2) is 50.6 Å². The minimum Gasteiger partial charge on any atom is -0.374 e. The molecule has 1 aliphatic heterocycles. The molecule has 0 aliphatic carbocycles. The van der Waals surface area contributed by atoms with E-state index in [1.165, 1.54) is 5.56 Å². The Morgan fingerprint density at radius 2 is 2.30 bits per heavy atom. The average Bonchev–Trinajstić information content (AvgIpc) is 2.99. The number of ether oxygens (including phenoxy) is 1. The van der Waals surface area contributed by atoms with E-state index in [1.807, 2.05) is 30.9 Å². The van der Waals surface area contributed by atoms with Gasteiger partial charge < -0.3 is 9.26 Å². The molecule has 7 nitrogen and oxygen atoms in total. The highest BCUT2D eigenvalue weighted by molar-refractivity contribution is 4.99. The lowest BCUT2D eigenvalue weighted by molar-refractivity contribution is -0.0426. The van der Waals surface area contributed by atoms with Crippen LogP contribution >= 0.6 is 0 Å². The van der Waals surface area contributed by atoms with Crippen molar-refractivity contribution in [3.05, 3.63) is 29.7 Å². The van der Waals surface area contributed by atoms with Gasteiger partial charge in [0, 0.05) is 19.3 Å². The summed E-state index contributed by atoms with van der Waals surface area (Å²) in [6.45, 7) is 7.77. The minimum absolute atomic E-state index is 0.145. The molecule has 1 unspecified atom stereocenters. The first-order valence-corrected chi connectivity index (χ1v) is 6.81. The topological polar surface area (TPSA) is 69.2 Å². The maximum Gasteiger partial charge on any atom is 0.240 e. The van der Waals surface area contributed by atoms with Crippen LogP contribution in [0.2, 0.25) is 0 Å². The van der Waals surface area contributed by atoms with Crippen LogP contribution < -0.4 is 0 Å². The second-order valence-corrected chi connectivity index (χ2v) is 5.20. The Morgan fingerprint density at radius 1 is 1.40 bits per heavy atom. The van der Waals surface area contributed by atoms with Crippen LogP contribution in [0.4, 0.5) is 0 Å². The van der Waals surface area contributed by atoms with E-state index in [2.05, 4.69) is 20.1 Å². The van der Waals surface area contributed by atoms with Gasteiger partial charge in [0.05, 0.1) is 32.0 Å². The summed E-state index contributed by atoms with van der Waals surface area (Å²) in [4.78, 5) is 6.51. The standard InChI is InChI=1S/C13H19N5O2/c1-10-5-14-18(6-10)8-12-7-17(3-4-19-12)9-13-15-11(2)16-20-13/h5-6,12H,3-4,7-9H2,1-2H3. The predicted octanol–water partition coefficient (Wildman–Crippen LogP) is 0.784. The average molecular weight is 277 g/mol. The molecule has 1 fully saturated rings. The summed E-state index contributed by atoms with van der Waals surface area (Å²) in [5.41, 5.74) is 1.17. The second kappa shape index (κ2) is 5.72. The predicted molar refractivity (Wildman–Crippen MR) is 71.0 cm³/mol. The summed E-state index contributed by atoms with van der Waals surface area (Å²) in [5, 5.41) is 8.11. The van der Waals surface area contributed by atoms with E-state index in [0.717, 1.165) is 26.2 Å². The lowest BCUT2D eigenvalue weighted by Crippen LogP contribution is -2.43. The van der Waals surface area contributed by atoms with Crippen molar-refractivity contribution >= 4 is 0 Å². The van der Waals surface area contributed by atoms with E-state index in [1.54, 1.807) is 0 Å². The molecule has 0 amide bonds. The van der Waals surface area contributed by atoms with Gasteiger partial charge in [0.25, 0.3) is 0 Å². The number of hydrogen-bond acceptors (Lipinski definition) is 6. The molecular formula is C13H19N5O2. The zero-order valence-electron chi connectivity index (χ0n) is 11.8. The van der Waals surface area contributed by atoms with Crippen molar-refractivity contribution in [3.63, 3.8) is 0 Å². The van der Waals surface area contributed by atoms with E-state index >= 15 is 0 Å². The first-order chi connectivity index (χ1) is 9.69. The molecule has 7 heteroatoms. The van der Waals surface area contributed by atoms with Crippen LogP contribution in [0.1, 0.15) is 17.3 Å². The van der Waals surface area contributed by atoms with Gasteiger partial charge in [0.15, 0.2) is 5.82 Å². The van der Waals surface area contributed by atoms with Gasteiger partial charge in [-0.05, 0) is 19.4 Å². The molecule has 0 bridgehead atoms. The van der Waals surface area contributed by atoms with Crippen LogP contribution in [0.15, 0.2) is 16.9 Å². The van der Waals surface area contributed by atoms with Gasteiger partial charge in [0.2, 0.25) is 5.89 Å². The van der Waals surface area contributed by atoms with Crippen molar-refractivity contribution in [2.75, 3.05) is 19.7 Å². The molecule has 0 saturated carbocycles. The SMILES string of the molecule is Cc1cnn(CC2CN(Cc3nc(C)no3)CCO2)c1. The van der Waals surface area contributed by atoms with Crippen LogP contribution in [0, 0.1) is 13.8 Å². The number of nitrogens with zero attached hydrogens (tertiary/aromatic N) is 5. The highest BCUT2D eigenvalue weighted by Gasteiger charge is 2.22. The third-order valence-corrected chi connectivity index (χ3v) is 3.30. The number of morpholine rings is 1. The molecule has 0 N–H and O–H groups in total. The lowest BCUT2D eigenvalue weighted by Gasteiger charge is -2.31. The van der Waals surface area contributed by atoms with Crippen molar-refractivity contribution in [1.29, 1.82) is 0 Å². The Bertz CT molecular complexity index is 516. The Morgan fingerprint density at radius 3 is 3.00 bits per heavy atom. The molecule has 3 rings (SSSR count). The number of aromatic nitrogens is 4. The summed E-state index contributed by atoms with van der Waals surface area (Å²) in [5.74, 6) is 1.34. The van der Waals surface area contributed by atoms with Gasteiger partial charge in [-0.15, -0.1) is 0 Å². The summed E-state index contributed by atoms with van der Waals surface area (Å²) in [6.07, 6.45) is 4.04. The van der Waals surface area contributed by atoms with Crippen LogP contribution in [0.3, 0.4) is 0 Å². The van der Waals surface area contributed by atoms with Crippen molar-refractivity contribution in [2.45, 2.75) is 33.0 Å². The molecule has 2 aromatic heterocycles. The Hall–Kier alpha value is -1.73. The van der Waals surface area contributed by atoms with Crippen LogP contribution in [-0.2, 0) is 17.8 Å². The quantitative estimate of drug-likeness (QED) is 0.822. The maximum absolute atomic E-state index is 5.80. The Kier molecular flexibility index (Phi) is 3.79. The zero-order valence-corrected chi connectivity index (χ0v) is 11.8. The first-order valence-electron chi connectivity index (χ1n) is 6.81. The van der Waals surface area contributed by atoms with E-state index < -0.39 is 0 Å². The fourth-order valence-corrected chi connectivity index (χ4v) is 2.41. The molecule has 1 atom stereocenters. The summed E-state index contributed by atoms with van der Waals surface area (Å²) in [7, 11) is 0. The third kappa shape index (κ3) is 3.23. The summed E-state index contributed by atoms with van der Waals surface area (Å²) >= 11 is 0. The van der Waals surface area contributed by atoms with Gasteiger partial charge in [-0.2, -0.15) is 10.1 Å². The summed E-state index contributed by atoms with van der Waals surface area (Å²) < 4.78 is 12.9. The highest BCUT2D eigenvalue weighted by Crippen LogP contribution is 2.11. The molecule has 0 spiro atoms. The van der Waals surface area contributed by atoms with Gasteiger partial charge >= 0.3 is 0 Å². The lowest BCUT2D eigenvalue weighted by atomic mass is 10.2. The molecule has 1 saturated heterocycles. The number of rotatable bonds is 4. The number of hydrogen-bond donors (Lipinski definition) is 0. The van der Waals surface area contributed by atoms with Crippen LogP contribution in [0.25, 0.3) is 0 Å². The third-order valence-electron chi connectivity index (χ3n) is 3.30. The molecule has 1 aliphatic rings. The van der Waals surface area contributed by atoms with Crippen molar-refractivity contribution in [2.24, 2.45) is 0 Å². The fourth-order valence-electron chi connectivity index (χ4n) is 2.41. The zero-order chi connectivity index (χ0) is 13.9. The van der Waals surface area contributed by atoms with E-state index in [-0.39, 0.29) is 6.10 Å². The largest absolute Gasteiger partial charge is 0.374 e. The van der Waals surface area contributed by atoms with E-state index in [0.29, 0.717) is 18.3 Å². The maximum atomic E-state index is 5.80. The summed E-state index contributed by atoms with van der Waals surface area (Å²) in [6, 6.07) is 0. The van der Waals surface area contributed by atoms with Gasteiger partial charge in [-0.25, -0.2) is 0 Å². The molecule has 20 heavy (non-hydrogen) atoms. The number of aryl methyl sites for hydroxylation is 2. The normalized spacial score (nSPS) is 20.4. The first kappa shape index (κ1) is 13.3. The molecule has 3 heterocycles. The van der Waals surface area contributed by atoms with E-state index in [9.17, 15) is 0 Å². The monoisotopic (exact) mass is 277 g/mol. The van der Waals surface area contributed by atoms with Crippen molar-refractivity contribution < 1.29 is 9.26 Å². The fraction of sp³-hybridized carbons (Fsp3) is 0.615. The Balaban J connectivity index is 1.56. The van der Waals surface area contributed by atoms with E-state index in [4.69, 9.17) is 9.26 Å². The van der Waals surface area contributed by atoms with Gasteiger partial charge in [0.1, 0.15) is 0 Å². The molecule has 2 aromatic rings. The second-order valence-electron chi connectivity index (χ2n) is 5.20. The highest BCUT2D eigenvalue weighted by atomic mass is 16.5. The smallest absolute Gasteiger partial charge is 0.240 e. The van der Waals surface area contributed by atoms with Gasteiger partial charge in [-0.3, -0.25) is 9.58 Å². The molecular weight excluding hydrogens is 258 g/mol. The molecule has 0 radical (unpaired) electrons. The molecule has 0 aromatic carbocycles. The minimum atomic E-state index is 0.145. The van der Waals surface area contributed by atoms with Crippen molar-refractivity contribution in [3.8, 4) is 0 Å². The molecule has 108 valence electrons. The van der Waals surface area contributed by atoms with Crippen LogP contribution in [0.5, 0.6) is 0 Å². The van der Waals surface area contributed by atoms with Gasteiger partial charge in [-0.1, -0.05) is 5.16 Å².